The Labute approximate surface area is 83.4 Å². The van der Waals surface area contributed by atoms with Crippen molar-refractivity contribution in [1.82, 2.24) is 0 Å². The Bertz CT molecular complexity index is 391. The molecule has 0 bridgehead atoms. The zero-order valence-corrected chi connectivity index (χ0v) is 8.81. The van der Waals surface area contributed by atoms with Gasteiger partial charge in [-0.2, -0.15) is 0 Å². The summed E-state index contributed by atoms with van der Waals surface area (Å²) in [5.41, 5.74) is 3.40. The molecule has 0 fully saturated rings. The number of benzene rings is 1. The molecule has 1 heterocycles. The SMILES string of the molecule is Cc1ccc2c(c1)C(C)(C)C(Cl)=N2. The van der Waals surface area contributed by atoms with Crippen LogP contribution in [0.4, 0.5) is 5.69 Å². The van der Waals surface area contributed by atoms with Crippen LogP contribution in [0.1, 0.15) is 25.0 Å². The largest absolute Gasteiger partial charge is 0.240 e. The Morgan fingerprint density at radius 2 is 2.00 bits per heavy atom. The molecule has 1 nitrogen and oxygen atoms in total. The summed E-state index contributed by atoms with van der Waals surface area (Å²) in [6.45, 7) is 6.29. The first-order valence-corrected chi connectivity index (χ1v) is 4.75. The second-order valence-electron chi connectivity index (χ2n) is 4.05. The van der Waals surface area contributed by atoms with Gasteiger partial charge in [-0.25, -0.2) is 4.99 Å². The average molecular weight is 194 g/mol. The molecule has 2 heteroatoms. The first-order valence-electron chi connectivity index (χ1n) is 4.37. The first kappa shape index (κ1) is 8.76. The number of hydrogen-bond donors (Lipinski definition) is 0. The summed E-state index contributed by atoms with van der Waals surface area (Å²) in [6, 6.07) is 6.25. The van der Waals surface area contributed by atoms with Gasteiger partial charge in [-0.15, -0.1) is 0 Å². The molecule has 1 aromatic rings. The van der Waals surface area contributed by atoms with E-state index >= 15 is 0 Å². The van der Waals surface area contributed by atoms with E-state index in [0.717, 1.165) is 5.69 Å². The summed E-state index contributed by atoms with van der Waals surface area (Å²) in [6.07, 6.45) is 0. The van der Waals surface area contributed by atoms with Crippen LogP contribution in [0.5, 0.6) is 0 Å². The smallest absolute Gasteiger partial charge is 0.117 e. The Balaban J connectivity index is 2.65. The molecule has 0 spiro atoms. The van der Waals surface area contributed by atoms with Crippen molar-refractivity contribution in [2.45, 2.75) is 26.2 Å². The lowest BCUT2D eigenvalue weighted by Crippen LogP contribution is -2.20. The lowest BCUT2D eigenvalue weighted by Gasteiger charge is -2.18. The van der Waals surface area contributed by atoms with Crippen LogP contribution >= 0.6 is 11.6 Å². The molecule has 0 N–H and O–H groups in total. The van der Waals surface area contributed by atoms with Gasteiger partial charge in [0.05, 0.1) is 5.69 Å². The highest BCUT2D eigenvalue weighted by atomic mass is 35.5. The van der Waals surface area contributed by atoms with E-state index in [0.29, 0.717) is 5.17 Å². The summed E-state index contributed by atoms with van der Waals surface area (Å²) >= 11 is 6.07. The summed E-state index contributed by atoms with van der Waals surface area (Å²) in [5.74, 6) is 0. The summed E-state index contributed by atoms with van der Waals surface area (Å²) in [7, 11) is 0. The molecular formula is C11H12ClN. The molecule has 13 heavy (non-hydrogen) atoms. The predicted octanol–water partition coefficient (Wildman–Crippen LogP) is 3.56. The van der Waals surface area contributed by atoms with Crippen LogP contribution in [0.25, 0.3) is 0 Å². The normalized spacial score (nSPS) is 18.3. The molecule has 0 saturated carbocycles. The molecule has 0 radical (unpaired) electrons. The van der Waals surface area contributed by atoms with Gasteiger partial charge in [0.1, 0.15) is 5.17 Å². The summed E-state index contributed by atoms with van der Waals surface area (Å²) in [5, 5.41) is 0.688. The minimum Gasteiger partial charge on any atom is -0.240 e. The zero-order chi connectivity index (χ0) is 9.64. The maximum absolute atomic E-state index is 6.07. The monoisotopic (exact) mass is 193 g/mol. The van der Waals surface area contributed by atoms with Gasteiger partial charge in [0.25, 0.3) is 0 Å². The van der Waals surface area contributed by atoms with E-state index in [1.807, 2.05) is 6.07 Å². The molecular weight excluding hydrogens is 182 g/mol. The lowest BCUT2D eigenvalue weighted by molar-refractivity contribution is 0.746. The number of halogens is 1. The Kier molecular flexibility index (Phi) is 1.74. The molecule has 1 aliphatic heterocycles. The van der Waals surface area contributed by atoms with E-state index in [1.54, 1.807) is 0 Å². The van der Waals surface area contributed by atoms with Crippen LogP contribution in [-0.4, -0.2) is 5.17 Å². The predicted molar refractivity (Wildman–Crippen MR) is 57.2 cm³/mol. The van der Waals surface area contributed by atoms with Crippen molar-refractivity contribution in [1.29, 1.82) is 0 Å². The Hall–Kier alpha value is -0.820. The van der Waals surface area contributed by atoms with Gasteiger partial charge in [0.2, 0.25) is 0 Å². The number of fused-ring (bicyclic) bond motifs is 1. The quantitative estimate of drug-likeness (QED) is 0.598. The van der Waals surface area contributed by atoms with Crippen molar-refractivity contribution < 1.29 is 0 Å². The Morgan fingerprint density at radius 3 is 2.69 bits per heavy atom. The minimum absolute atomic E-state index is 0.108. The highest BCUT2D eigenvalue weighted by Crippen LogP contribution is 2.41. The molecule has 0 aliphatic carbocycles. The van der Waals surface area contributed by atoms with Crippen LogP contribution in [0.15, 0.2) is 23.2 Å². The molecule has 2 rings (SSSR count). The fraction of sp³-hybridized carbons (Fsp3) is 0.364. The van der Waals surface area contributed by atoms with E-state index in [9.17, 15) is 0 Å². The average Bonchev–Trinajstić information content (AvgIpc) is 2.27. The van der Waals surface area contributed by atoms with Crippen LogP contribution in [-0.2, 0) is 5.41 Å². The standard InChI is InChI=1S/C11H12ClN/c1-7-4-5-9-8(6-7)11(2,3)10(12)13-9/h4-6H,1-3H3. The maximum Gasteiger partial charge on any atom is 0.117 e. The molecule has 1 aliphatic rings. The van der Waals surface area contributed by atoms with Crippen molar-refractivity contribution in [3.05, 3.63) is 29.3 Å². The highest BCUT2D eigenvalue weighted by Gasteiger charge is 2.33. The number of aliphatic imine (C=N–C) groups is 1. The van der Waals surface area contributed by atoms with Crippen LogP contribution < -0.4 is 0 Å². The van der Waals surface area contributed by atoms with E-state index in [1.165, 1.54) is 11.1 Å². The van der Waals surface area contributed by atoms with Crippen LogP contribution in [0.3, 0.4) is 0 Å². The van der Waals surface area contributed by atoms with Crippen LogP contribution in [0.2, 0.25) is 0 Å². The third kappa shape index (κ3) is 1.19. The zero-order valence-electron chi connectivity index (χ0n) is 8.06. The van der Waals surface area contributed by atoms with E-state index in [-0.39, 0.29) is 5.41 Å². The molecule has 0 atom stereocenters. The van der Waals surface area contributed by atoms with Gasteiger partial charge in [-0.1, -0.05) is 29.3 Å². The van der Waals surface area contributed by atoms with Gasteiger partial charge >= 0.3 is 0 Å². The second-order valence-corrected chi connectivity index (χ2v) is 4.41. The van der Waals surface area contributed by atoms with Gasteiger partial charge in [0, 0.05) is 5.41 Å². The third-order valence-corrected chi connectivity index (χ3v) is 3.12. The molecule has 1 aromatic carbocycles. The van der Waals surface area contributed by atoms with Gasteiger partial charge in [-0.3, -0.25) is 0 Å². The maximum atomic E-state index is 6.07. The third-order valence-electron chi connectivity index (χ3n) is 2.56. The fourth-order valence-corrected chi connectivity index (χ4v) is 1.80. The van der Waals surface area contributed by atoms with Gasteiger partial charge in [-0.05, 0) is 32.4 Å². The number of rotatable bonds is 0. The number of aryl methyl sites for hydroxylation is 1. The van der Waals surface area contributed by atoms with E-state index < -0.39 is 0 Å². The molecule has 68 valence electrons. The summed E-state index contributed by atoms with van der Waals surface area (Å²) < 4.78 is 0. The summed E-state index contributed by atoms with van der Waals surface area (Å²) in [4.78, 5) is 4.33. The van der Waals surface area contributed by atoms with Gasteiger partial charge < -0.3 is 0 Å². The Morgan fingerprint density at radius 1 is 1.31 bits per heavy atom. The molecule has 0 amide bonds. The topological polar surface area (TPSA) is 12.4 Å². The van der Waals surface area contributed by atoms with Crippen LogP contribution in [0, 0.1) is 6.92 Å². The van der Waals surface area contributed by atoms with E-state index in [4.69, 9.17) is 11.6 Å². The second kappa shape index (κ2) is 2.58. The fourth-order valence-electron chi connectivity index (χ4n) is 1.60. The molecule has 0 saturated heterocycles. The minimum atomic E-state index is -0.108. The van der Waals surface area contributed by atoms with Crippen molar-refractivity contribution >= 4 is 22.5 Å². The van der Waals surface area contributed by atoms with Crippen molar-refractivity contribution in [2.24, 2.45) is 4.99 Å². The number of hydrogen-bond acceptors (Lipinski definition) is 1. The highest BCUT2D eigenvalue weighted by molar-refractivity contribution is 6.68. The lowest BCUT2D eigenvalue weighted by atomic mass is 9.86. The molecule has 0 aromatic heterocycles. The van der Waals surface area contributed by atoms with Gasteiger partial charge in [0.15, 0.2) is 0 Å². The van der Waals surface area contributed by atoms with Crippen molar-refractivity contribution in [3.63, 3.8) is 0 Å². The number of nitrogens with zero attached hydrogens (tertiary/aromatic N) is 1. The molecule has 0 unspecified atom stereocenters. The first-order chi connectivity index (χ1) is 6.01. The van der Waals surface area contributed by atoms with Crippen molar-refractivity contribution in [3.8, 4) is 0 Å². The van der Waals surface area contributed by atoms with E-state index in [2.05, 4.69) is 37.9 Å². The van der Waals surface area contributed by atoms with Crippen molar-refractivity contribution in [2.75, 3.05) is 0 Å².